The summed E-state index contributed by atoms with van der Waals surface area (Å²) in [5, 5.41) is 2.29. The van der Waals surface area contributed by atoms with Crippen LogP contribution in [-0.2, 0) is 22.4 Å². The predicted molar refractivity (Wildman–Crippen MR) is 145 cm³/mol. The van der Waals surface area contributed by atoms with Gasteiger partial charge in [-0.05, 0) is 67.9 Å². The summed E-state index contributed by atoms with van der Waals surface area (Å²) in [6.45, 7) is 6.96. The second-order valence-electron chi connectivity index (χ2n) is 11.0. The van der Waals surface area contributed by atoms with Crippen LogP contribution >= 0.6 is 0 Å². The van der Waals surface area contributed by atoms with Crippen molar-refractivity contribution in [2.24, 2.45) is 5.92 Å². The van der Waals surface area contributed by atoms with Crippen LogP contribution in [0.1, 0.15) is 44.7 Å². The number of benzene rings is 3. The van der Waals surface area contributed by atoms with Crippen LogP contribution in [0.15, 0.2) is 72.8 Å². The fourth-order valence-electron chi connectivity index (χ4n) is 4.96. The van der Waals surface area contributed by atoms with Gasteiger partial charge in [0.1, 0.15) is 11.6 Å². The zero-order chi connectivity index (χ0) is 25.7. The van der Waals surface area contributed by atoms with E-state index in [1.54, 1.807) is 7.05 Å². The number of hydrogen-bond acceptors (Lipinski definition) is 3. The molecule has 2 amide bonds. The van der Waals surface area contributed by atoms with Crippen molar-refractivity contribution in [2.75, 3.05) is 20.1 Å². The Morgan fingerprint density at radius 3 is 2.22 bits per heavy atom. The lowest BCUT2D eigenvalue weighted by atomic mass is 9.89. The maximum absolute atomic E-state index is 13.8. The number of ether oxygens (including phenoxy) is 1. The standard InChI is InChI=1S/C31H38N2O3/c1-31(2,3)36-30(35)32(4)28(22-25-14-15-26-12-8-9-13-27(26)21-25)29(34)33-18-16-24(17-19-33)20-23-10-6-5-7-11-23/h5-15,21,24,28H,16-20,22H2,1-4H3/t28-/m1/s1. The summed E-state index contributed by atoms with van der Waals surface area (Å²) in [5.74, 6) is 0.564. The highest BCUT2D eigenvalue weighted by Crippen LogP contribution is 2.25. The summed E-state index contributed by atoms with van der Waals surface area (Å²) in [7, 11) is 1.68. The van der Waals surface area contributed by atoms with Crippen molar-refractivity contribution in [2.45, 2.75) is 58.1 Å². The van der Waals surface area contributed by atoms with Crippen molar-refractivity contribution in [3.8, 4) is 0 Å². The molecule has 1 aliphatic heterocycles. The minimum atomic E-state index is -0.627. The first-order valence-corrected chi connectivity index (χ1v) is 13.0. The van der Waals surface area contributed by atoms with Crippen LogP contribution in [0, 0.1) is 5.92 Å². The van der Waals surface area contributed by atoms with Gasteiger partial charge in [0, 0.05) is 26.6 Å². The fourth-order valence-corrected chi connectivity index (χ4v) is 4.96. The molecular weight excluding hydrogens is 448 g/mol. The van der Waals surface area contributed by atoms with E-state index in [2.05, 4.69) is 54.6 Å². The molecule has 190 valence electrons. The number of carbonyl (C=O) groups excluding carboxylic acids is 2. The molecule has 5 nitrogen and oxygen atoms in total. The average Bonchev–Trinajstić information content (AvgIpc) is 2.86. The largest absolute Gasteiger partial charge is 0.444 e. The molecule has 3 aromatic rings. The molecule has 0 unspecified atom stereocenters. The van der Waals surface area contributed by atoms with E-state index in [9.17, 15) is 9.59 Å². The minimum Gasteiger partial charge on any atom is -0.444 e. The molecule has 1 heterocycles. The van der Waals surface area contributed by atoms with Gasteiger partial charge in [-0.3, -0.25) is 9.69 Å². The highest BCUT2D eigenvalue weighted by molar-refractivity contribution is 5.87. The van der Waals surface area contributed by atoms with Crippen LogP contribution in [0.5, 0.6) is 0 Å². The average molecular weight is 487 g/mol. The van der Waals surface area contributed by atoms with Gasteiger partial charge in [-0.2, -0.15) is 0 Å². The van der Waals surface area contributed by atoms with Crippen LogP contribution < -0.4 is 0 Å². The van der Waals surface area contributed by atoms with Gasteiger partial charge in [0.15, 0.2) is 0 Å². The molecule has 1 atom stereocenters. The Morgan fingerprint density at radius 1 is 0.917 bits per heavy atom. The molecule has 5 heteroatoms. The van der Waals surface area contributed by atoms with Crippen LogP contribution in [0.2, 0.25) is 0 Å². The van der Waals surface area contributed by atoms with E-state index in [0.717, 1.165) is 35.6 Å². The number of likely N-dealkylation sites (tertiary alicyclic amines) is 1. The van der Waals surface area contributed by atoms with E-state index in [4.69, 9.17) is 4.74 Å². The molecule has 36 heavy (non-hydrogen) atoms. The summed E-state index contributed by atoms with van der Waals surface area (Å²) in [6.07, 6.45) is 2.96. The van der Waals surface area contributed by atoms with Crippen LogP contribution in [-0.4, -0.2) is 53.6 Å². The third-order valence-electron chi connectivity index (χ3n) is 6.97. The Morgan fingerprint density at radius 2 is 1.56 bits per heavy atom. The lowest BCUT2D eigenvalue weighted by molar-refractivity contribution is -0.137. The first-order chi connectivity index (χ1) is 17.2. The smallest absolute Gasteiger partial charge is 0.410 e. The molecule has 1 saturated heterocycles. The molecule has 4 rings (SSSR count). The van der Waals surface area contributed by atoms with E-state index in [1.807, 2.05) is 43.9 Å². The van der Waals surface area contributed by atoms with E-state index in [-0.39, 0.29) is 5.91 Å². The Labute approximate surface area is 215 Å². The molecule has 1 aliphatic rings. The first-order valence-electron chi connectivity index (χ1n) is 13.0. The molecule has 3 aromatic carbocycles. The topological polar surface area (TPSA) is 49.9 Å². The highest BCUT2D eigenvalue weighted by Gasteiger charge is 2.34. The van der Waals surface area contributed by atoms with Crippen molar-refractivity contribution in [1.29, 1.82) is 0 Å². The minimum absolute atomic E-state index is 0.00493. The Bertz CT molecular complexity index is 1180. The first kappa shape index (κ1) is 25.7. The quantitative estimate of drug-likeness (QED) is 0.423. The Balaban J connectivity index is 1.49. The van der Waals surface area contributed by atoms with Gasteiger partial charge < -0.3 is 9.64 Å². The van der Waals surface area contributed by atoms with Crippen molar-refractivity contribution < 1.29 is 14.3 Å². The number of rotatable bonds is 6. The lowest BCUT2D eigenvalue weighted by Gasteiger charge is -2.37. The van der Waals surface area contributed by atoms with Gasteiger partial charge in [0.25, 0.3) is 0 Å². The number of carbonyl (C=O) groups is 2. The molecule has 0 aromatic heterocycles. The molecule has 0 bridgehead atoms. The van der Waals surface area contributed by atoms with E-state index in [1.165, 1.54) is 10.5 Å². The third-order valence-corrected chi connectivity index (χ3v) is 6.97. The molecule has 0 N–H and O–H groups in total. The van der Waals surface area contributed by atoms with Crippen molar-refractivity contribution >= 4 is 22.8 Å². The van der Waals surface area contributed by atoms with Gasteiger partial charge in [-0.15, -0.1) is 0 Å². The number of amides is 2. The summed E-state index contributed by atoms with van der Waals surface area (Å²) < 4.78 is 5.63. The van der Waals surface area contributed by atoms with Crippen molar-refractivity contribution in [1.82, 2.24) is 9.80 Å². The number of fused-ring (bicyclic) bond motifs is 1. The molecule has 0 aliphatic carbocycles. The van der Waals surface area contributed by atoms with Crippen LogP contribution in [0.4, 0.5) is 4.79 Å². The molecule has 0 saturated carbocycles. The summed E-state index contributed by atoms with van der Waals surface area (Å²) in [5.41, 5.74) is 1.75. The van der Waals surface area contributed by atoms with Crippen LogP contribution in [0.25, 0.3) is 10.8 Å². The normalized spacial score (nSPS) is 15.5. The van der Waals surface area contributed by atoms with Gasteiger partial charge in [-0.1, -0.05) is 72.8 Å². The SMILES string of the molecule is CN(C(=O)OC(C)(C)C)[C@H](Cc1ccc2ccccc2c1)C(=O)N1CCC(Cc2ccccc2)CC1. The molecular formula is C31H38N2O3. The maximum atomic E-state index is 13.8. The zero-order valence-corrected chi connectivity index (χ0v) is 21.9. The number of piperidine rings is 1. The summed E-state index contributed by atoms with van der Waals surface area (Å²) in [6, 6.07) is 24.4. The van der Waals surface area contributed by atoms with Crippen molar-refractivity contribution in [3.63, 3.8) is 0 Å². The van der Waals surface area contributed by atoms with E-state index < -0.39 is 17.7 Å². The third kappa shape index (κ3) is 6.66. The highest BCUT2D eigenvalue weighted by atomic mass is 16.6. The maximum Gasteiger partial charge on any atom is 0.410 e. The Kier molecular flexibility index (Phi) is 7.97. The molecule has 0 spiro atoms. The molecule has 1 fully saturated rings. The summed E-state index contributed by atoms with van der Waals surface area (Å²) in [4.78, 5) is 30.2. The Hall–Kier alpha value is -3.34. The fraction of sp³-hybridized carbons (Fsp3) is 0.419. The number of nitrogens with zero attached hydrogens (tertiary/aromatic N) is 2. The van der Waals surface area contributed by atoms with E-state index >= 15 is 0 Å². The van der Waals surface area contributed by atoms with Gasteiger partial charge in [-0.25, -0.2) is 4.79 Å². The molecule has 0 radical (unpaired) electrons. The predicted octanol–water partition coefficient (Wildman–Crippen LogP) is 6.10. The lowest BCUT2D eigenvalue weighted by Crippen LogP contribution is -2.53. The number of likely N-dealkylation sites (N-methyl/N-ethyl adjacent to an activating group) is 1. The van der Waals surface area contributed by atoms with Gasteiger partial charge in [0.2, 0.25) is 5.91 Å². The van der Waals surface area contributed by atoms with E-state index in [0.29, 0.717) is 25.4 Å². The monoisotopic (exact) mass is 486 g/mol. The second kappa shape index (κ2) is 11.2. The van der Waals surface area contributed by atoms with Gasteiger partial charge in [0.05, 0.1) is 0 Å². The summed E-state index contributed by atoms with van der Waals surface area (Å²) >= 11 is 0. The van der Waals surface area contributed by atoms with Gasteiger partial charge >= 0.3 is 6.09 Å². The zero-order valence-electron chi connectivity index (χ0n) is 21.9. The number of hydrogen-bond donors (Lipinski definition) is 0. The van der Waals surface area contributed by atoms with Crippen LogP contribution in [0.3, 0.4) is 0 Å². The van der Waals surface area contributed by atoms with Crippen molar-refractivity contribution in [3.05, 3.63) is 83.9 Å². The second-order valence-corrected chi connectivity index (χ2v) is 11.0.